The molecule has 0 spiro atoms. The van der Waals surface area contributed by atoms with Crippen molar-refractivity contribution in [2.45, 2.75) is 16.9 Å². The highest BCUT2D eigenvalue weighted by molar-refractivity contribution is 7.80. The van der Waals surface area contributed by atoms with Gasteiger partial charge in [0.15, 0.2) is 5.11 Å². The third kappa shape index (κ3) is 5.21. The van der Waals surface area contributed by atoms with Gasteiger partial charge in [0.2, 0.25) is 9.70 Å². The van der Waals surface area contributed by atoms with Crippen LogP contribution in [-0.2, 0) is 4.79 Å². The number of nitrogens with zero attached hydrogens (tertiary/aromatic N) is 3. The summed E-state index contributed by atoms with van der Waals surface area (Å²) >= 11 is 22.1. The molecular weight excluding hydrogens is 323 g/mol. The van der Waals surface area contributed by atoms with Crippen molar-refractivity contribution in [3.8, 4) is 0 Å². The Morgan fingerprint density at radius 1 is 1.33 bits per heavy atom. The average Bonchev–Trinajstić information content (AvgIpc) is 2.67. The molecule has 0 saturated heterocycles. The van der Waals surface area contributed by atoms with Crippen LogP contribution in [0, 0.1) is 0 Å². The fraction of sp³-hybridized carbons (Fsp3) is 0.429. The second-order valence-electron chi connectivity index (χ2n) is 3.13. The van der Waals surface area contributed by atoms with Gasteiger partial charge in [0.05, 0.1) is 0 Å². The smallest absolute Gasteiger partial charge is 0.228 e. The lowest BCUT2D eigenvalue weighted by Gasteiger charge is -2.27. The van der Waals surface area contributed by atoms with Gasteiger partial charge in [-0.15, -0.1) is 10.2 Å². The van der Waals surface area contributed by atoms with Crippen LogP contribution >= 0.6 is 47.0 Å². The molecule has 0 aliphatic heterocycles. The zero-order chi connectivity index (χ0) is 13.8. The van der Waals surface area contributed by atoms with Gasteiger partial charge in [-0.2, -0.15) is 0 Å². The second kappa shape index (κ2) is 6.37. The minimum absolute atomic E-state index is 0.125. The van der Waals surface area contributed by atoms with Gasteiger partial charge in [0.1, 0.15) is 18.8 Å². The van der Waals surface area contributed by atoms with Crippen molar-refractivity contribution in [3.05, 3.63) is 12.7 Å². The van der Waals surface area contributed by atoms with E-state index in [4.69, 9.17) is 47.0 Å². The lowest BCUT2D eigenvalue weighted by molar-refractivity contribution is -0.119. The van der Waals surface area contributed by atoms with Gasteiger partial charge >= 0.3 is 0 Å². The number of nitrogens with one attached hydrogen (secondary N) is 3. The minimum atomic E-state index is -1.76. The molecule has 3 N–H and O–H groups in total. The number of aromatic nitrogens is 3. The van der Waals surface area contributed by atoms with Crippen molar-refractivity contribution in [1.82, 2.24) is 25.5 Å². The predicted octanol–water partition coefficient (Wildman–Crippen LogP) is 0.529. The van der Waals surface area contributed by atoms with E-state index in [1.54, 1.807) is 0 Å². The summed E-state index contributed by atoms with van der Waals surface area (Å²) in [5, 5.41) is 12.3. The molecule has 100 valence electrons. The van der Waals surface area contributed by atoms with Crippen LogP contribution in [0.1, 0.15) is 6.92 Å². The van der Waals surface area contributed by atoms with Crippen molar-refractivity contribution in [3.63, 3.8) is 0 Å². The molecule has 0 radical (unpaired) electrons. The summed E-state index contributed by atoms with van der Waals surface area (Å²) in [6.45, 7) is 1.29. The maximum Gasteiger partial charge on any atom is 0.228 e. The number of carbonyl (C=O) groups is 1. The molecule has 0 unspecified atom stereocenters. The maximum absolute atomic E-state index is 11.0. The van der Waals surface area contributed by atoms with E-state index in [2.05, 4.69) is 26.3 Å². The second-order valence-corrected chi connectivity index (χ2v) is 5.91. The molecule has 1 amide bonds. The summed E-state index contributed by atoms with van der Waals surface area (Å²) in [5.41, 5.74) is 2.68. The molecule has 7 nitrogen and oxygen atoms in total. The van der Waals surface area contributed by atoms with Crippen molar-refractivity contribution in [2.24, 2.45) is 0 Å². The van der Waals surface area contributed by atoms with E-state index in [0.29, 0.717) is 0 Å². The van der Waals surface area contributed by atoms with E-state index in [1.807, 2.05) is 0 Å². The van der Waals surface area contributed by atoms with Crippen LogP contribution < -0.4 is 16.1 Å². The SMILES string of the molecule is CC(=O)N[C@H](NC(=S)Nn1cnnc1)C(Cl)(Cl)Cl. The third-order valence-electron chi connectivity index (χ3n) is 1.60. The highest BCUT2D eigenvalue weighted by Gasteiger charge is 2.33. The number of thiocarbonyl (C=S) groups is 1. The number of rotatable bonds is 3. The molecule has 1 heterocycles. The van der Waals surface area contributed by atoms with E-state index in [-0.39, 0.29) is 11.0 Å². The van der Waals surface area contributed by atoms with Gasteiger partial charge in [-0.1, -0.05) is 34.8 Å². The zero-order valence-electron chi connectivity index (χ0n) is 9.02. The molecule has 1 aromatic rings. The van der Waals surface area contributed by atoms with Crippen LogP contribution in [0.4, 0.5) is 0 Å². The van der Waals surface area contributed by atoms with Crippen LogP contribution in [0.25, 0.3) is 0 Å². The van der Waals surface area contributed by atoms with E-state index < -0.39 is 9.96 Å². The molecule has 0 aromatic carbocycles. The van der Waals surface area contributed by atoms with Crippen molar-refractivity contribution in [2.75, 3.05) is 5.43 Å². The fourth-order valence-corrected chi connectivity index (χ4v) is 1.49. The first-order chi connectivity index (χ1) is 8.29. The van der Waals surface area contributed by atoms with E-state index in [1.165, 1.54) is 24.3 Å². The van der Waals surface area contributed by atoms with E-state index in [0.717, 1.165) is 0 Å². The first-order valence-electron chi connectivity index (χ1n) is 4.55. The number of alkyl halides is 3. The Hall–Kier alpha value is -0.830. The third-order valence-corrected chi connectivity index (χ3v) is 2.46. The number of amides is 1. The molecule has 1 rings (SSSR count). The van der Waals surface area contributed by atoms with Crippen LogP contribution in [0.5, 0.6) is 0 Å². The van der Waals surface area contributed by atoms with Gasteiger partial charge in [-0.25, -0.2) is 4.68 Å². The molecule has 11 heteroatoms. The van der Waals surface area contributed by atoms with Crippen LogP contribution in [0.2, 0.25) is 0 Å². The lowest BCUT2D eigenvalue weighted by Crippen LogP contribution is -2.56. The highest BCUT2D eigenvalue weighted by Crippen LogP contribution is 2.28. The Kier molecular flexibility index (Phi) is 5.39. The van der Waals surface area contributed by atoms with Crippen molar-refractivity contribution >= 4 is 58.0 Å². The Bertz CT molecular complexity index is 419. The Balaban J connectivity index is 2.60. The molecule has 0 saturated carbocycles. The van der Waals surface area contributed by atoms with Crippen LogP contribution in [0.3, 0.4) is 0 Å². The molecule has 18 heavy (non-hydrogen) atoms. The quantitative estimate of drug-likeness (QED) is 0.426. The summed E-state index contributed by atoms with van der Waals surface area (Å²) in [6.07, 6.45) is 1.80. The number of halogens is 3. The fourth-order valence-electron chi connectivity index (χ4n) is 0.942. The molecule has 0 aliphatic carbocycles. The van der Waals surface area contributed by atoms with Gasteiger partial charge in [-0.3, -0.25) is 10.2 Å². The summed E-state index contributed by atoms with van der Waals surface area (Å²) in [4.78, 5) is 11.0. The first kappa shape index (κ1) is 15.2. The van der Waals surface area contributed by atoms with Gasteiger partial charge < -0.3 is 10.6 Å². The maximum atomic E-state index is 11.0. The number of hydrogen-bond donors (Lipinski definition) is 3. The zero-order valence-corrected chi connectivity index (χ0v) is 12.1. The molecule has 0 fully saturated rings. The molecule has 0 aliphatic rings. The molecule has 1 aromatic heterocycles. The summed E-state index contributed by atoms with van der Waals surface area (Å²) in [5.74, 6) is -0.370. The monoisotopic (exact) mass is 330 g/mol. The van der Waals surface area contributed by atoms with Crippen molar-refractivity contribution < 1.29 is 4.79 Å². The molecular formula is C7H9Cl3N6OS. The molecule has 0 bridgehead atoms. The Morgan fingerprint density at radius 3 is 2.33 bits per heavy atom. The minimum Gasteiger partial charge on any atom is -0.338 e. The summed E-state index contributed by atoms with van der Waals surface area (Å²) in [7, 11) is 0. The Morgan fingerprint density at radius 2 is 1.89 bits per heavy atom. The average molecular weight is 332 g/mol. The van der Waals surface area contributed by atoms with Crippen molar-refractivity contribution in [1.29, 1.82) is 0 Å². The van der Waals surface area contributed by atoms with Gasteiger partial charge in [0, 0.05) is 6.92 Å². The largest absolute Gasteiger partial charge is 0.338 e. The summed E-state index contributed by atoms with van der Waals surface area (Å²) in [6, 6.07) is 0. The molecule has 1 atom stereocenters. The summed E-state index contributed by atoms with van der Waals surface area (Å²) < 4.78 is -0.372. The van der Waals surface area contributed by atoms with Gasteiger partial charge in [-0.05, 0) is 12.2 Å². The normalized spacial score (nSPS) is 12.7. The standard InChI is InChI=1S/C7H9Cl3N6OS/c1-4(17)13-5(7(8,9)10)14-6(18)15-16-2-11-12-3-16/h2-3,5H,1H3,(H,13,17)(H2,14,15,18)/t5-/m1/s1. The number of carbonyl (C=O) groups excluding carboxylic acids is 1. The van der Waals surface area contributed by atoms with Crippen LogP contribution in [0.15, 0.2) is 12.7 Å². The predicted molar refractivity (Wildman–Crippen MR) is 73.0 cm³/mol. The van der Waals surface area contributed by atoms with Gasteiger partial charge in [0.25, 0.3) is 0 Å². The van der Waals surface area contributed by atoms with Crippen LogP contribution in [-0.4, -0.2) is 35.9 Å². The van der Waals surface area contributed by atoms with E-state index in [9.17, 15) is 4.79 Å². The lowest BCUT2D eigenvalue weighted by atomic mass is 10.5. The number of hydrogen-bond acceptors (Lipinski definition) is 4. The Labute approximate surface area is 123 Å². The highest BCUT2D eigenvalue weighted by atomic mass is 35.6. The first-order valence-corrected chi connectivity index (χ1v) is 6.09. The topological polar surface area (TPSA) is 83.9 Å². The van der Waals surface area contributed by atoms with E-state index >= 15 is 0 Å².